The Kier molecular flexibility index (Phi) is 6.99. The Morgan fingerprint density at radius 3 is 2.58 bits per heavy atom. The third-order valence-corrected chi connectivity index (χ3v) is 2.74. The van der Waals surface area contributed by atoms with Gasteiger partial charge in [0.05, 0.1) is 0 Å². The van der Waals surface area contributed by atoms with E-state index in [1.54, 1.807) is 6.92 Å². The van der Waals surface area contributed by atoms with Crippen LogP contribution in [0.5, 0.6) is 0 Å². The van der Waals surface area contributed by atoms with Crippen molar-refractivity contribution in [1.82, 2.24) is 4.90 Å². The van der Waals surface area contributed by atoms with E-state index in [1.807, 2.05) is 6.92 Å². The summed E-state index contributed by atoms with van der Waals surface area (Å²) in [6.45, 7) is 7.68. The molecule has 0 spiro atoms. The monoisotopic (exact) mass is 207 g/mol. The molecule has 0 fully saturated rings. The maximum atomic E-state index is 10.6. The van der Waals surface area contributed by atoms with E-state index < -0.39 is 0 Å². The molecule has 0 aromatic heterocycles. The predicted octanol–water partition coefficient (Wildman–Crippen LogP) is 1.86. The molecule has 0 rings (SSSR count). The van der Waals surface area contributed by atoms with E-state index in [9.17, 15) is 4.79 Å². The van der Waals surface area contributed by atoms with Crippen LogP contribution in [0.3, 0.4) is 0 Å². The van der Waals surface area contributed by atoms with Crippen molar-refractivity contribution in [3.05, 3.63) is 0 Å². The van der Waals surface area contributed by atoms with Crippen molar-refractivity contribution in [2.45, 2.75) is 26.1 Å². The van der Waals surface area contributed by atoms with Gasteiger partial charge in [-0.05, 0) is 13.5 Å². The molecule has 0 aromatic rings. The van der Waals surface area contributed by atoms with Crippen molar-refractivity contribution in [1.29, 1.82) is 0 Å². The fourth-order valence-electron chi connectivity index (χ4n) is 0.916. The van der Waals surface area contributed by atoms with E-state index in [0.717, 1.165) is 18.8 Å². The van der Waals surface area contributed by atoms with Crippen LogP contribution in [0.15, 0.2) is 0 Å². The molecule has 1 unspecified atom stereocenters. The maximum Gasteiger partial charge on any atom is 0.185 e. The molecule has 0 N–H and O–H groups in total. The molecule has 0 amide bonds. The third-order valence-electron chi connectivity index (χ3n) is 1.62. The van der Waals surface area contributed by atoms with Gasteiger partial charge in [-0.2, -0.15) is 12.6 Å². The zero-order chi connectivity index (χ0) is 9.56. The van der Waals surface area contributed by atoms with Crippen LogP contribution in [-0.2, 0) is 4.79 Å². The van der Waals surface area contributed by atoms with Crippen molar-refractivity contribution < 1.29 is 4.79 Å². The number of carbonyl (C=O) groups excluding carboxylic acids is 1. The molecule has 0 saturated heterocycles. The van der Waals surface area contributed by atoms with Gasteiger partial charge < -0.3 is 0 Å². The second-order valence-corrected chi connectivity index (χ2v) is 4.62. The van der Waals surface area contributed by atoms with Gasteiger partial charge in [-0.25, -0.2) is 0 Å². The number of carbonyl (C=O) groups is 1. The van der Waals surface area contributed by atoms with E-state index in [0.29, 0.717) is 0 Å². The molecule has 0 heterocycles. The summed E-state index contributed by atoms with van der Waals surface area (Å²) in [5.74, 6) is 0.869. The first-order valence-electron chi connectivity index (χ1n) is 4.13. The number of nitrogens with zero attached hydrogens (tertiary/aromatic N) is 1. The van der Waals surface area contributed by atoms with Crippen LogP contribution in [0.25, 0.3) is 0 Å². The van der Waals surface area contributed by atoms with Crippen LogP contribution in [0.2, 0.25) is 0 Å². The highest BCUT2D eigenvalue weighted by Crippen LogP contribution is 2.06. The van der Waals surface area contributed by atoms with Crippen LogP contribution in [0, 0.1) is 0 Å². The lowest BCUT2D eigenvalue weighted by Crippen LogP contribution is -2.31. The highest BCUT2D eigenvalue weighted by Gasteiger charge is 2.06. The topological polar surface area (TPSA) is 20.3 Å². The molecule has 2 nitrogen and oxygen atoms in total. The first-order chi connectivity index (χ1) is 5.57. The van der Waals surface area contributed by atoms with Gasteiger partial charge in [0.1, 0.15) is 0 Å². The Labute approximate surface area is 84.5 Å². The van der Waals surface area contributed by atoms with E-state index in [1.165, 1.54) is 11.8 Å². The van der Waals surface area contributed by atoms with Crippen molar-refractivity contribution in [2.24, 2.45) is 0 Å². The third kappa shape index (κ3) is 5.91. The lowest BCUT2D eigenvalue weighted by molar-refractivity contribution is -0.109. The quantitative estimate of drug-likeness (QED) is 0.549. The molecule has 0 aliphatic carbocycles. The van der Waals surface area contributed by atoms with Crippen LogP contribution >= 0.6 is 24.4 Å². The predicted molar refractivity (Wildman–Crippen MR) is 58.8 cm³/mol. The largest absolute Gasteiger partial charge is 0.291 e. The average molecular weight is 207 g/mol. The zero-order valence-electron chi connectivity index (χ0n) is 7.91. The minimum atomic E-state index is 0.192. The normalized spacial score (nSPS) is 13.4. The highest BCUT2D eigenvalue weighted by molar-refractivity contribution is 8.13. The molecule has 4 heteroatoms. The summed E-state index contributed by atoms with van der Waals surface area (Å²) in [5, 5.41) is 0.473. The number of rotatable bonds is 5. The summed E-state index contributed by atoms with van der Waals surface area (Å²) in [4.78, 5) is 12.8. The van der Waals surface area contributed by atoms with Crippen LogP contribution in [0.1, 0.15) is 20.8 Å². The molecular formula is C8H17NOS2. The molecular weight excluding hydrogens is 190 g/mol. The number of thioether (sulfide) groups is 1. The van der Waals surface area contributed by atoms with Gasteiger partial charge in [-0.1, -0.05) is 18.7 Å². The fraction of sp³-hybridized carbons (Fsp3) is 0.875. The molecule has 72 valence electrons. The molecule has 0 saturated carbocycles. The molecule has 0 bridgehead atoms. The Hall–Kier alpha value is 0.330. The van der Waals surface area contributed by atoms with E-state index in [4.69, 9.17) is 0 Å². The van der Waals surface area contributed by atoms with Gasteiger partial charge in [-0.15, -0.1) is 0 Å². The maximum absolute atomic E-state index is 10.6. The van der Waals surface area contributed by atoms with Crippen LogP contribution in [-0.4, -0.2) is 34.2 Å². The lowest BCUT2D eigenvalue weighted by Gasteiger charge is -2.23. The van der Waals surface area contributed by atoms with Crippen molar-refractivity contribution in [3.8, 4) is 0 Å². The summed E-state index contributed by atoms with van der Waals surface area (Å²) in [7, 11) is 0. The smallest absolute Gasteiger partial charge is 0.185 e. The standard InChI is InChI=1S/C8H17NOS2/c1-4-9(7(2)11)5-6-12-8(3)10/h7,11H,4-6H2,1-3H3. The van der Waals surface area contributed by atoms with E-state index in [-0.39, 0.29) is 10.5 Å². The number of hydrogen-bond donors (Lipinski definition) is 1. The molecule has 0 radical (unpaired) electrons. The zero-order valence-corrected chi connectivity index (χ0v) is 9.62. The Morgan fingerprint density at radius 2 is 2.25 bits per heavy atom. The summed E-state index contributed by atoms with van der Waals surface area (Å²) in [6.07, 6.45) is 0. The first kappa shape index (κ1) is 12.3. The lowest BCUT2D eigenvalue weighted by atomic mass is 10.5. The summed E-state index contributed by atoms with van der Waals surface area (Å²) >= 11 is 5.71. The van der Waals surface area contributed by atoms with Gasteiger partial charge in [0.25, 0.3) is 0 Å². The van der Waals surface area contributed by atoms with Gasteiger partial charge >= 0.3 is 0 Å². The highest BCUT2D eigenvalue weighted by atomic mass is 32.2. The second kappa shape index (κ2) is 6.80. The average Bonchev–Trinajstić information content (AvgIpc) is 1.96. The van der Waals surface area contributed by atoms with Gasteiger partial charge in [-0.3, -0.25) is 9.69 Å². The van der Waals surface area contributed by atoms with E-state index >= 15 is 0 Å². The van der Waals surface area contributed by atoms with Crippen LogP contribution in [0.4, 0.5) is 0 Å². The second-order valence-electron chi connectivity index (χ2n) is 2.60. The fourth-order valence-corrected chi connectivity index (χ4v) is 1.81. The van der Waals surface area contributed by atoms with Gasteiger partial charge in [0.15, 0.2) is 5.12 Å². The van der Waals surface area contributed by atoms with E-state index in [2.05, 4.69) is 24.5 Å². The van der Waals surface area contributed by atoms with Crippen molar-refractivity contribution in [2.75, 3.05) is 18.8 Å². The Balaban J connectivity index is 3.51. The molecule has 12 heavy (non-hydrogen) atoms. The Morgan fingerprint density at radius 1 is 1.67 bits per heavy atom. The minimum absolute atomic E-state index is 0.192. The Bertz CT molecular complexity index is 139. The summed E-state index contributed by atoms with van der Waals surface area (Å²) < 4.78 is 0. The van der Waals surface area contributed by atoms with Crippen molar-refractivity contribution in [3.63, 3.8) is 0 Å². The number of hydrogen-bond acceptors (Lipinski definition) is 4. The molecule has 1 atom stereocenters. The number of thiol groups is 1. The SMILES string of the molecule is CCN(CCSC(C)=O)C(C)S. The molecule has 0 aromatic carbocycles. The molecule has 0 aliphatic rings. The minimum Gasteiger partial charge on any atom is -0.291 e. The summed E-state index contributed by atoms with van der Waals surface area (Å²) in [6, 6.07) is 0. The molecule has 0 aliphatic heterocycles. The van der Waals surface area contributed by atoms with Gasteiger partial charge in [0, 0.05) is 24.6 Å². The van der Waals surface area contributed by atoms with Crippen molar-refractivity contribution >= 4 is 29.5 Å². The van der Waals surface area contributed by atoms with Gasteiger partial charge in [0.2, 0.25) is 0 Å². The summed E-state index contributed by atoms with van der Waals surface area (Å²) in [5.41, 5.74) is 0. The van der Waals surface area contributed by atoms with Crippen LogP contribution < -0.4 is 0 Å². The first-order valence-corrected chi connectivity index (χ1v) is 5.63.